The van der Waals surface area contributed by atoms with E-state index in [-0.39, 0.29) is 11.5 Å². The van der Waals surface area contributed by atoms with Crippen LogP contribution in [0.15, 0.2) is 42.7 Å². The van der Waals surface area contributed by atoms with Crippen molar-refractivity contribution in [3.63, 3.8) is 0 Å². The van der Waals surface area contributed by atoms with E-state index in [1.54, 1.807) is 6.20 Å². The molecule has 0 radical (unpaired) electrons. The zero-order valence-electron chi connectivity index (χ0n) is 14.2. The van der Waals surface area contributed by atoms with Crippen molar-refractivity contribution in [2.45, 2.75) is 38.8 Å². The lowest BCUT2D eigenvalue weighted by molar-refractivity contribution is 0.144. The Morgan fingerprint density at radius 2 is 2.00 bits per heavy atom. The Morgan fingerprint density at radius 1 is 1.21 bits per heavy atom. The summed E-state index contributed by atoms with van der Waals surface area (Å²) in [6.45, 7) is 7.85. The van der Waals surface area contributed by atoms with Crippen molar-refractivity contribution in [2.24, 2.45) is 0 Å². The second kappa shape index (κ2) is 5.51. The van der Waals surface area contributed by atoms with Crippen LogP contribution in [0, 0.1) is 0 Å². The Labute approximate surface area is 141 Å². The van der Waals surface area contributed by atoms with Crippen LogP contribution in [0.1, 0.15) is 26.3 Å². The van der Waals surface area contributed by atoms with E-state index < -0.39 is 0 Å². The minimum absolute atomic E-state index is 0.0283. The van der Waals surface area contributed by atoms with Crippen LogP contribution in [0.4, 0.5) is 0 Å². The van der Waals surface area contributed by atoms with Crippen LogP contribution in [0.25, 0.3) is 11.0 Å². The molecule has 4 rings (SSSR count). The second-order valence-corrected chi connectivity index (χ2v) is 7.19. The molecule has 5 heteroatoms. The summed E-state index contributed by atoms with van der Waals surface area (Å²) in [5.74, 6) is 0.864. The van der Waals surface area contributed by atoms with Gasteiger partial charge in [-0.2, -0.15) is 4.98 Å². The van der Waals surface area contributed by atoms with Crippen molar-refractivity contribution in [1.82, 2.24) is 14.5 Å². The van der Waals surface area contributed by atoms with Gasteiger partial charge in [-0.3, -0.25) is 9.55 Å². The summed E-state index contributed by atoms with van der Waals surface area (Å²) in [7, 11) is 0. The highest BCUT2D eigenvalue weighted by Crippen LogP contribution is 2.28. The maximum absolute atomic E-state index is 5.89. The number of hydrogen-bond donors (Lipinski definition) is 0. The smallest absolute Gasteiger partial charge is 0.297 e. The highest BCUT2D eigenvalue weighted by molar-refractivity contribution is 5.75. The van der Waals surface area contributed by atoms with E-state index in [9.17, 15) is 0 Å². The summed E-state index contributed by atoms with van der Waals surface area (Å²) in [4.78, 5) is 8.64. The van der Waals surface area contributed by atoms with Gasteiger partial charge in [0, 0.05) is 6.20 Å². The molecule has 5 nitrogen and oxygen atoms in total. The van der Waals surface area contributed by atoms with E-state index >= 15 is 0 Å². The molecule has 1 aliphatic rings. The molecule has 3 heterocycles. The Hall–Kier alpha value is -2.56. The lowest BCUT2D eigenvalue weighted by Crippen LogP contribution is -2.23. The highest BCUT2D eigenvalue weighted by Gasteiger charge is 2.27. The second-order valence-electron chi connectivity index (χ2n) is 7.19. The van der Waals surface area contributed by atoms with Gasteiger partial charge in [0.05, 0.1) is 23.8 Å². The van der Waals surface area contributed by atoms with Gasteiger partial charge in [-0.1, -0.05) is 32.9 Å². The number of hydrogen-bond acceptors (Lipinski definition) is 4. The van der Waals surface area contributed by atoms with Crippen molar-refractivity contribution >= 4 is 11.0 Å². The minimum Gasteiger partial charge on any atom is -0.490 e. The van der Waals surface area contributed by atoms with Gasteiger partial charge in [0.2, 0.25) is 0 Å². The summed E-state index contributed by atoms with van der Waals surface area (Å²) >= 11 is 0. The van der Waals surface area contributed by atoms with Crippen molar-refractivity contribution in [2.75, 3.05) is 6.61 Å². The quantitative estimate of drug-likeness (QED) is 0.739. The molecule has 0 N–H and O–H groups in total. The third kappa shape index (κ3) is 2.70. The van der Waals surface area contributed by atoms with Gasteiger partial charge in [0.25, 0.3) is 6.01 Å². The van der Waals surface area contributed by atoms with Gasteiger partial charge in [0.1, 0.15) is 12.4 Å². The number of pyridine rings is 1. The van der Waals surface area contributed by atoms with Crippen molar-refractivity contribution in [3.05, 3.63) is 48.3 Å². The molecule has 0 unspecified atom stereocenters. The minimum atomic E-state index is -0.0283. The molecule has 1 aromatic carbocycles. The van der Waals surface area contributed by atoms with Crippen LogP contribution >= 0.6 is 0 Å². The van der Waals surface area contributed by atoms with Gasteiger partial charge in [-0.25, -0.2) is 0 Å². The molecule has 0 spiro atoms. The fraction of sp³-hybridized carbons (Fsp3) is 0.368. The molecular formula is C19H21N3O2. The number of benzene rings is 1. The van der Waals surface area contributed by atoms with Crippen LogP contribution in [0.2, 0.25) is 0 Å². The van der Waals surface area contributed by atoms with Crippen LogP contribution in [-0.2, 0) is 12.0 Å². The average molecular weight is 323 g/mol. The van der Waals surface area contributed by atoms with Gasteiger partial charge < -0.3 is 9.47 Å². The van der Waals surface area contributed by atoms with Crippen molar-refractivity contribution < 1.29 is 9.47 Å². The van der Waals surface area contributed by atoms with Crippen LogP contribution < -0.4 is 9.47 Å². The third-order valence-electron chi connectivity index (χ3n) is 4.33. The monoisotopic (exact) mass is 323 g/mol. The van der Waals surface area contributed by atoms with Crippen molar-refractivity contribution in [3.8, 4) is 11.8 Å². The first-order chi connectivity index (χ1) is 11.5. The van der Waals surface area contributed by atoms with Crippen LogP contribution in [0.3, 0.4) is 0 Å². The molecule has 0 bridgehead atoms. The van der Waals surface area contributed by atoms with E-state index in [4.69, 9.17) is 9.47 Å². The maximum atomic E-state index is 5.89. The number of fused-ring (bicyclic) bond motifs is 3. The third-order valence-corrected chi connectivity index (χ3v) is 4.33. The van der Waals surface area contributed by atoms with E-state index in [0.717, 1.165) is 23.3 Å². The summed E-state index contributed by atoms with van der Waals surface area (Å²) in [6.07, 6.45) is 3.54. The molecule has 0 saturated carbocycles. The SMILES string of the molecule is CC(C)(C)c1ccc(OC[C@@H]2Cn3c(nc4ccncc43)O2)cc1. The van der Waals surface area contributed by atoms with E-state index in [0.29, 0.717) is 12.6 Å². The molecule has 0 saturated heterocycles. The van der Waals surface area contributed by atoms with Crippen molar-refractivity contribution in [1.29, 1.82) is 0 Å². The molecule has 1 atom stereocenters. The summed E-state index contributed by atoms with van der Waals surface area (Å²) in [5.41, 5.74) is 3.37. The predicted molar refractivity (Wildman–Crippen MR) is 92.6 cm³/mol. The average Bonchev–Trinajstić information content (AvgIpc) is 3.10. The van der Waals surface area contributed by atoms with E-state index in [2.05, 4.69) is 47.4 Å². The number of rotatable bonds is 3. The molecule has 2 aromatic heterocycles. The Balaban J connectivity index is 1.40. The highest BCUT2D eigenvalue weighted by atomic mass is 16.6. The lowest BCUT2D eigenvalue weighted by Gasteiger charge is -2.19. The van der Waals surface area contributed by atoms with Gasteiger partial charge in [-0.15, -0.1) is 0 Å². The fourth-order valence-electron chi connectivity index (χ4n) is 2.93. The standard InChI is InChI=1S/C19H21N3O2/c1-19(2,3)13-4-6-14(7-5-13)23-12-15-11-22-17-10-20-9-8-16(17)21-18(22)24-15/h4-10,15H,11-12H2,1-3H3/t15-/m0/s1. The number of ether oxygens (including phenoxy) is 2. The molecule has 124 valence electrons. The molecule has 24 heavy (non-hydrogen) atoms. The zero-order chi connectivity index (χ0) is 16.7. The molecule has 3 aromatic rings. The van der Waals surface area contributed by atoms with Gasteiger partial charge in [0.15, 0.2) is 6.10 Å². The van der Waals surface area contributed by atoms with Gasteiger partial charge in [-0.05, 0) is 29.2 Å². The van der Waals surface area contributed by atoms with Crippen LogP contribution in [-0.4, -0.2) is 27.2 Å². The van der Waals surface area contributed by atoms with E-state index in [1.807, 2.05) is 24.4 Å². The maximum Gasteiger partial charge on any atom is 0.297 e. The Kier molecular flexibility index (Phi) is 3.44. The summed E-state index contributed by atoms with van der Waals surface area (Å²) < 4.78 is 13.8. The number of imidazole rings is 1. The molecule has 1 aliphatic heterocycles. The topological polar surface area (TPSA) is 49.2 Å². The number of nitrogens with zero attached hydrogens (tertiary/aromatic N) is 3. The number of aromatic nitrogens is 3. The summed E-state index contributed by atoms with van der Waals surface area (Å²) in [6, 6.07) is 10.8. The Morgan fingerprint density at radius 3 is 2.75 bits per heavy atom. The van der Waals surface area contributed by atoms with Gasteiger partial charge >= 0.3 is 0 Å². The molecule has 0 aliphatic carbocycles. The Bertz CT molecular complexity index is 862. The largest absolute Gasteiger partial charge is 0.490 e. The molecular weight excluding hydrogens is 302 g/mol. The lowest BCUT2D eigenvalue weighted by atomic mass is 9.87. The first-order valence-corrected chi connectivity index (χ1v) is 8.21. The summed E-state index contributed by atoms with van der Waals surface area (Å²) in [5, 5.41) is 0. The fourth-order valence-corrected chi connectivity index (χ4v) is 2.93. The molecule has 0 fully saturated rings. The first kappa shape index (κ1) is 15.0. The first-order valence-electron chi connectivity index (χ1n) is 8.21. The zero-order valence-corrected chi connectivity index (χ0v) is 14.2. The normalized spacial score (nSPS) is 16.9. The van der Waals surface area contributed by atoms with Crippen LogP contribution in [0.5, 0.6) is 11.8 Å². The predicted octanol–water partition coefficient (Wildman–Crippen LogP) is 3.57. The molecule has 0 amide bonds. The van der Waals surface area contributed by atoms with E-state index in [1.165, 1.54) is 5.56 Å².